The Bertz CT molecular complexity index is 3840. The molecule has 300 valence electrons. The number of fused-ring (bicyclic) bond motifs is 10. The lowest BCUT2D eigenvalue weighted by molar-refractivity contribution is 1.18. The fourth-order valence-electron chi connectivity index (χ4n) is 10.7. The molecule has 0 aliphatic heterocycles. The number of aromatic nitrogens is 2. The fourth-order valence-corrected chi connectivity index (χ4v) is 16.6. The first-order chi connectivity index (χ1) is 31.8. The fraction of sp³-hybridized carbons (Fsp3) is 0. The molecule has 0 amide bonds. The summed E-state index contributed by atoms with van der Waals surface area (Å²) in [5.74, 6) is 0. The number of thiophene rings is 1. The lowest BCUT2D eigenvalue weighted by Gasteiger charge is -2.35. The summed E-state index contributed by atoms with van der Waals surface area (Å²) in [5, 5.41) is 13.2. The largest absolute Gasteiger partial charge is 0.309 e. The Morgan fingerprint density at radius 3 is 1.53 bits per heavy atom. The molecule has 0 saturated carbocycles. The van der Waals surface area contributed by atoms with Crippen molar-refractivity contribution in [1.82, 2.24) is 9.13 Å². The van der Waals surface area contributed by atoms with Crippen LogP contribution in [0.3, 0.4) is 0 Å². The summed E-state index contributed by atoms with van der Waals surface area (Å²) in [6.45, 7) is 0. The molecule has 0 radical (unpaired) electrons. The van der Waals surface area contributed by atoms with Crippen molar-refractivity contribution in [3.05, 3.63) is 243 Å². The third kappa shape index (κ3) is 5.50. The van der Waals surface area contributed by atoms with Gasteiger partial charge in [0, 0.05) is 53.1 Å². The van der Waals surface area contributed by atoms with E-state index < -0.39 is 8.07 Å². The van der Waals surface area contributed by atoms with Crippen molar-refractivity contribution in [3.8, 4) is 22.5 Å². The van der Waals surface area contributed by atoms with Gasteiger partial charge in [0.05, 0.1) is 22.1 Å². The normalized spacial score (nSPS) is 12.1. The van der Waals surface area contributed by atoms with Crippen molar-refractivity contribution < 1.29 is 0 Å². The third-order valence-electron chi connectivity index (χ3n) is 13.5. The minimum Gasteiger partial charge on any atom is -0.309 e. The number of hydrogen-bond donors (Lipinski definition) is 0. The van der Waals surface area contributed by atoms with E-state index in [1.807, 2.05) is 11.3 Å². The van der Waals surface area contributed by atoms with Crippen LogP contribution in [0.25, 0.3) is 86.3 Å². The topological polar surface area (TPSA) is 9.86 Å². The van der Waals surface area contributed by atoms with Crippen LogP contribution in [0, 0.1) is 0 Å². The molecule has 2 nitrogen and oxygen atoms in total. The Labute approximate surface area is 376 Å². The van der Waals surface area contributed by atoms with Crippen molar-refractivity contribution in [2.45, 2.75) is 0 Å². The zero-order valence-corrected chi connectivity index (χ0v) is 36.7. The van der Waals surface area contributed by atoms with Crippen LogP contribution in [-0.4, -0.2) is 17.2 Å². The van der Waals surface area contributed by atoms with Gasteiger partial charge in [0.1, 0.15) is 0 Å². The van der Waals surface area contributed by atoms with Crippen molar-refractivity contribution in [2.24, 2.45) is 0 Å². The minimum atomic E-state index is -2.89. The second kappa shape index (κ2) is 14.7. The second-order valence-electron chi connectivity index (χ2n) is 16.8. The van der Waals surface area contributed by atoms with E-state index in [-0.39, 0.29) is 0 Å². The van der Waals surface area contributed by atoms with Crippen molar-refractivity contribution in [3.63, 3.8) is 0 Å². The van der Waals surface area contributed by atoms with Crippen molar-refractivity contribution in [1.29, 1.82) is 0 Å². The molecule has 13 aromatic rings. The van der Waals surface area contributed by atoms with Gasteiger partial charge in [-0.2, -0.15) is 0 Å². The zero-order valence-electron chi connectivity index (χ0n) is 34.9. The van der Waals surface area contributed by atoms with E-state index in [2.05, 4.69) is 252 Å². The van der Waals surface area contributed by atoms with Crippen LogP contribution in [0.1, 0.15) is 0 Å². The smallest absolute Gasteiger partial charge is 0.179 e. The molecule has 10 aromatic carbocycles. The number of rotatable bonds is 7. The first kappa shape index (κ1) is 36.9. The summed E-state index contributed by atoms with van der Waals surface area (Å²) in [5.41, 5.74) is 9.64. The molecule has 0 atom stereocenters. The molecule has 0 aliphatic rings. The van der Waals surface area contributed by atoms with Gasteiger partial charge in [-0.3, -0.25) is 0 Å². The average Bonchev–Trinajstić information content (AvgIpc) is 4.03. The van der Waals surface area contributed by atoms with Crippen LogP contribution in [0.5, 0.6) is 0 Å². The Kier molecular flexibility index (Phi) is 8.45. The van der Waals surface area contributed by atoms with E-state index >= 15 is 0 Å². The minimum absolute atomic E-state index is 1.16. The van der Waals surface area contributed by atoms with Crippen molar-refractivity contribution >= 4 is 104 Å². The van der Waals surface area contributed by atoms with Gasteiger partial charge in [-0.15, -0.1) is 11.3 Å². The molecular weight excluding hydrogens is 809 g/mol. The first-order valence-electron chi connectivity index (χ1n) is 22.0. The maximum absolute atomic E-state index is 2.89. The maximum Gasteiger partial charge on any atom is 0.179 e. The molecule has 64 heavy (non-hydrogen) atoms. The lowest BCUT2D eigenvalue weighted by Crippen LogP contribution is -2.74. The van der Waals surface area contributed by atoms with Gasteiger partial charge in [0.25, 0.3) is 0 Å². The Balaban J connectivity index is 1.01. The molecule has 13 rings (SSSR count). The highest BCUT2D eigenvalue weighted by Crippen LogP contribution is 2.43. The SMILES string of the molecule is c1ccc(-n2c3ccccc3c3cc(-c4cccc([Si](c5ccccc5)(c5ccccc5)c5ccc(-n6c7ccccc7c7c8c(ccc76)sc6ccccc68)cc5)c4)ccc32)cc1. The average molecular weight is 849 g/mol. The van der Waals surface area contributed by atoms with Crippen LogP contribution in [-0.2, 0) is 0 Å². The van der Waals surface area contributed by atoms with Gasteiger partial charge in [-0.1, -0.05) is 176 Å². The van der Waals surface area contributed by atoms with Gasteiger partial charge in [-0.05, 0) is 98.6 Å². The van der Waals surface area contributed by atoms with E-state index in [1.54, 1.807) is 0 Å². The van der Waals surface area contributed by atoms with Crippen molar-refractivity contribution in [2.75, 3.05) is 0 Å². The Morgan fingerprint density at radius 1 is 0.281 bits per heavy atom. The van der Waals surface area contributed by atoms with Gasteiger partial charge >= 0.3 is 0 Å². The zero-order chi connectivity index (χ0) is 42.2. The van der Waals surface area contributed by atoms with Gasteiger partial charge in [0.15, 0.2) is 8.07 Å². The van der Waals surface area contributed by atoms with Crippen LogP contribution in [0.15, 0.2) is 243 Å². The highest BCUT2D eigenvalue weighted by Gasteiger charge is 2.41. The number of nitrogens with zero attached hydrogens (tertiary/aromatic N) is 2. The van der Waals surface area contributed by atoms with Crippen LogP contribution >= 0.6 is 11.3 Å². The van der Waals surface area contributed by atoms with Gasteiger partial charge in [-0.25, -0.2) is 0 Å². The molecule has 0 N–H and O–H groups in total. The van der Waals surface area contributed by atoms with Crippen LogP contribution in [0.4, 0.5) is 0 Å². The van der Waals surface area contributed by atoms with E-state index in [0.29, 0.717) is 0 Å². The van der Waals surface area contributed by atoms with E-state index in [0.717, 1.165) is 5.69 Å². The number of para-hydroxylation sites is 3. The molecular formula is C60H40N2SSi. The van der Waals surface area contributed by atoms with E-state index in [9.17, 15) is 0 Å². The quantitative estimate of drug-likeness (QED) is 0.112. The summed E-state index contributed by atoms with van der Waals surface area (Å²) in [4.78, 5) is 0. The number of benzene rings is 10. The maximum atomic E-state index is 2.49. The standard InChI is InChI=1S/C60H40N2SSi/c1-4-18-43(19-5-1)61-53-28-13-10-25-49(53)52-40-42(31-36-55(52)61)41-17-16-24-48(39-41)64(45-20-6-2-7-21-45,46-22-8-3-9-23-46)47-34-32-44(33-35-47)62-54-29-14-11-26-50(54)59-56(62)37-38-58-60(59)51-27-12-15-30-57(51)63-58/h1-40H. The van der Waals surface area contributed by atoms with Crippen LogP contribution < -0.4 is 20.7 Å². The highest BCUT2D eigenvalue weighted by molar-refractivity contribution is 7.26. The molecule has 0 bridgehead atoms. The molecule has 4 heteroatoms. The van der Waals surface area contributed by atoms with Gasteiger partial charge < -0.3 is 9.13 Å². The summed E-state index contributed by atoms with van der Waals surface area (Å²) in [6, 6.07) is 90.5. The van der Waals surface area contributed by atoms with E-state index in [1.165, 1.54) is 101 Å². The summed E-state index contributed by atoms with van der Waals surface area (Å²) >= 11 is 1.88. The molecule has 0 aliphatic carbocycles. The predicted octanol–water partition coefficient (Wildman–Crippen LogP) is 13.3. The third-order valence-corrected chi connectivity index (χ3v) is 19.4. The molecule has 0 fully saturated rings. The summed E-state index contributed by atoms with van der Waals surface area (Å²) in [7, 11) is -2.89. The molecule has 0 spiro atoms. The highest BCUT2D eigenvalue weighted by atomic mass is 32.1. The second-order valence-corrected chi connectivity index (χ2v) is 21.7. The Morgan fingerprint density at radius 2 is 0.797 bits per heavy atom. The molecule has 3 heterocycles. The van der Waals surface area contributed by atoms with Crippen LogP contribution in [0.2, 0.25) is 0 Å². The summed E-state index contributed by atoms with van der Waals surface area (Å²) < 4.78 is 7.52. The molecule has 3 aromatic heterocycles. The predicted molar refractivity (Wildman–Crippen MR) is 277 cm³/mol. The first-order valence-corrected chi connectivity index (χ1v) is 24.8. The number of hydrogen-bond acceptors (Lipinski definition) is 1. The Hall–Kier alpha value is -7.76. The molecule has 0 unspecified atom stereocenters. The van der Waals surface area contributed by atoms with Gasteiger partial charge in [0.2, 0.25) is 0 Å². The summed E-state index contributed by atoms with van der Waals surface area (Å²) in [6.07, 6.45) is 0. The van der Waals surface area contributed by atoms with E-state index in [4.69, 9.17) is 0 Å². The molecule has 0 saturated heterocycles. The monoisotopic (exact) mass is 848 g/mol. The lowest BCUT2D eigenvalue weighted by atomic mass is 10.0.